The number of nitrogens with zero attached hydrogens (tertiary/aromatic N) is 1. The zero-order valence-corrected chi connectivity index (χ0v) is 9.90. The summed E-state index contributed by atoms with van der Waals surface area (Å²) in [5.41, 5.74) is 3.20. The Morgan fingerprint density at radius 2 is 2.38 bits per heavy atom. The molecule has 1 aliphatic rings. The highest BCUT2D eigenvalue weighted by molar-refractivity contribution is 7.07. The van der Waals surface area contributed by atoms with E-state index in [0.29, 0.717) is 18.2 Å². The molecule has 1 aliphatic carbocycles. The van der Waals surface area contributed by atoms with E-state index in [0.717, 1.165) is 12.8 Å². The average molecular weight is 262 g/mol. The molecule has 1 fully saturated rings. The van der Waals surface area contributed by atoms with E-state index >= 15 is 0 Å². The molecule has 1 heterocycles. The van der Waals surface area contributed by atoms with Gasteiger partial charge in [0.15, 0.2) is 5.69 Å². The molecule has 0 radical (unpaired) electrons. The minimum Gasteiger partial charge on any atom is -1.00 e. The van der Waals surface area contributed by atoms with Crippen LogP contribution in [0.15, 0.2) is 10.9 Å². The molecular weight excluding hydrogens is 250 g/mol. The van der Waals surface area contributed by atoms with Crippen LogP contribution in [0.4, 0.5) is 0 Å². The zero-order chi connectivity index (χ0) is 8.55. The fourth-order valence-electron chi connectivity index (χ4n) is 1.22. The number of hydrogen-bond acceptors (Lipinski definition) is 2. The second kappa shape index (κ2) is 4.33. The lowest BCUT2D eigenvalue weighted by Crippen LogP contribution is -3.00. The van der Waals surface area contributed by atoms with Crippen molar-refractivity contribution in [2.75, 3.05) is 0 Å². The standard InChI is InChI=1S/C9H12NOS.BrH/c1-7-5-12-6-10(7)4-9(11)8-2-3-8;/h5-6,8H,2-4H2,1H3;1H/q+1;/p-1. The number of aryl methyl sites for hydroxylation is 1. The summed E-state index contributed by atoms with van der Waals surface area (Å²) in [4.78, 5) is 11.4. The molecule has 1 aromatic rings. The van der Waals surface area contributed by atoms with Gasteiger partial charge in [0, 0.05) is 12.8 Å². The maximum Gasteiger partial charge on any atom is 0.225 e. The number of aromatic nitrogens is 1. The van der Waals surface area contributed by atoms with Gasteiger partial charge < -0.3 is 17.0 Å². The summed E-state index contributed by atoms with van der Waals surface area (Å²) in [6.45, 7) is 2.62. The molecule has 0 bridgehead atoms. The number of Topliss-reactive ketones (excluding diaryl/α,β-unsaturated/α-hetero) is 1. The van der Waals surface area contributed by atoms with Crippen molar-refractivity contribution < 1.29 is 26.3 Å². The van der Waals surface area contributed by atoms with Crippen LogP contribution < -0.4 is 21.5 Å². The van der Waals surface area contributed by atoms with Gasteiger partial charge in [0.25, 0.3) is 0 Å². The van der Waals surface area contributed by atoms with Crippen LogP contribution in [0, 0.1) is 12.8 Å². The molecule has 0 N–H and O–H groups in total. The minimum atomic E-state index is 0. The molecular formula is C9H12BrNOS. The van der Waals surface area contributed by atoms with Crippen LogP contribution in [0.2, 0.25) is 0 Å². The van der Waals surface area contributed by atoms with Crippen LogP contribution in [0.5, 0.6) is 0 Å². The summed E-state index contributed by atoms with van der Waals surface area (Å²) >= 11 is 1.65. The van der Waals surface area contributed by atoms with Gasteiger partial charge in [-0.2, -0.15) is 4.57 Å². The predicted molar refractivity (Wildman–Crippen MR) is 47.0 cm³/mol. The predicted octanol–water partition coefficient (Wildman–Crippen LogP) is -1.67. The molecule has 0 spiro atoms. The van der Waals surface area contributed by atoms with Crippen molar-refractivity contribution in [3.05, 3.63) is 16.6 Å². The van der Waals surface area contributed by atoms with Gasteiger partial charge in [0.05, 0.1) is 5.38 Å². The lowest BCUT2D eigenvalue weighted by atomic mass is 10.2. The first-order valence-electron chi connectivity index (χ1n) is 4.22. The molecule has 72 valence electrons. The van der Waals surface area contributed by atoms with Crippen molar-refractivity contribution in [1.29, 1.82) is 0 Å². The van der Waals surface area contributed by atoms with Gasteiger partial charge in [0.1, 0.15) is 0 Å². The summed E-state index contributed by atoms with van der Waals surface area (Å²) in [5, 5.41) is 2.07. The second-order valence-corrected chi connectivity index (χ2v) is 4.09. The van der Waals surface area contributed by atoms with Crippen LogP contribution in [0.25, 0.3) is 0 Å². The van der Waals surface area contributed by atoms with E-state index in [9.17, 15) is 4.79 Å². The monoisotopic (exact) mass is 261 g/mol. The molecule has 1 aromatic heterocycles. The maximum atomic E-state index is 11.4. The average Bonchev–Trinajstić information content (AvgIpc) is 2.80. The van der Waals surface area contributed by atoms with E-state index in [2.05, 4.69) is 5.38 Å². The fraction of sp³-hybridized carbons (Fsp3) is 0.556. The van der Waals surface area contributed by atoms with E-state index in [1.165, 1.54) is 5.69 Å². The number of hydrogen-bond donors (Lipinski definition) is 0. The number of carbonyl (C=O) groups excluding carboxylic acids is 1. The largest absolute Gasteiger partial charge is 1.00 e. The summed E-state index contributed by atoms with van der Waals surface area (Å²) in [6, 6.07) is 0. The highest BCUT2D eigenvalue weighted by Gasteiger charge is 2.32. The Labute approximate surface area is 92.4 Å². The molecule has 0 atom stereocenters. The second-order valence-electron chi connectivity index (χ2n) is 3.37. The van der Waals surface area contributed by atoms with Gasteiger partial charge in [-0.1, -0.05) is 11.3 Å². The first-order valence-corrected chi connectivity index (χ1v) is 5.16. The van der Waals surface area contributed by atoms with Crippen LogP contribution in [-0.2, 0) is 11.3 Å². The van der Waals surface area contributed by atoms with Crippen molar-refractivity contribution in [2.24, 2.45) is 5.92 Å². The highest BCUT2D eigenvalue weighted by atomic mass is 79.9. The van der Waals surface area contributed by atoms with Crippen LogP contribution in [-0.4, -0.2) is 5.78 Å². The van der Waals surface area contributed by atoms with E-state index in [4.69, 9.17) is 0 Å². The molecule has 13 heavy (non-hydrogen) atoms. The lowest BCUT2D eigenvalue weighted by Gasteiger charge is -1.92. The molecule has 1 saturated carbocycles. The molecule has 0 amide bonds. The van der Waals surface area contributed by atoms with E-state index in [1.807, 2.05) is 17.0 Å². The number of ketones is 1. The number of carbonyl (C=O) groups is 1. The summed E-state index contributed by atoms with van der Waals surface area (Å²) in [5.74, 6) is 0.790. The normalized spacial score (nSPS) is 15.2. The first kappa shape index (κ1) is 10.9. The fourth-order valence-corrected chi connectivity index (χ4v) is 2.00. The Kier molecular flexibility index (Phi) is 3.62. The third-order valence-corrected chi connectivity index (χ3v) is 3.09. The van der Waals surface area contributed by atoms with Crippen LogP contribution in [0.1, 0.15) is 18.5 Å². The van der Waals surface area contributed by atoms with E-state index < -0.39 is 0 Å². The topological polar surface area (TPSA) is 20.9 Å². The van der Waals surface area contributed by atoms with Crippen molar-refractivity contribution in [2.45, 2.75) is 26.3 Å². The van der Waals surface area contributed by atoms with Gasteiger partial charge in [-0.15, -0.1) is 0 Å². The molecule has 0 unspecified atom stereocenters. The van der Waals surface area contributed by atoms with Crippen LogP contribution in [0.3, 0.4) is 0 Å². The first-order chi connectivity index (χ1) is 5.77. The third-order valence-electron chi connectivity index (χ3n) is 2.24. The molecule has 0 aromatic carbocycles. The van der Waals surface area contributed by atoms with Gasteiger partial charge >= 0.3 is 0 Å². The Hall–Kier alpha value is -0.220. The molecule has 2 nitrogen and oxygen atoms in total. The maximum absolute atomic E-state index is 11.4. The Morgan fingerprint density at radius 3 is 2.85 bits per heavy atom. The quantitative estimate of drug-likeness (QED) is 0.597. The third kappa shape index (κ3) is 2.61. The zero-order valence-electron chi connectivity index (χ0n) is 7.50. The molecule has 0 aliphatic heterocycles. The van der Waals surface area contributed by atoms with Crippen molar-refractivity contribution in [1.82, 2.24) is 0 Å². The summed E-state index contributed by atoms with van der Waals surface area (Å²) in [7, 11) is 0. The van der Waals surface area contributed by atoms with E-state index in [1.54, 1.807) is 11.3 Å². The lowest BCUT2D eigenvalue weighted by molar-refractivity contribution is -0.685. The van der Waals surface area contributed by atoms with Crippen molar-refractivity contribution in [3.8, 4) is 0 Å². The Morgan fingerprint density at radius 1 is 1.69 bits per heavy atom. The minimum absolute atomic E-state index is 0. The van der Waals surface area contributed by atoms with Gasteiger partial charge in [-0.25, -0.2) is 0 Å². The Balaban J connectivity index is 0.000000845. The van der Waals surface area contributed by atoms with Gasteiger partial charge in [-0.3, -0.25) is 4.79 Å². The number of halogens is 1. The van der Waals surface area contributed by atoms with Gasteiger partial charge in [-0.05, 0) is 12.8 Å². The summed E-state index contributed by atoms with van der Waals surface area (Å²) < 4.78 is 2.03. The molecule has 4 heteroatoms. The highest BCUT2D eigenvalue weighted by Crippen LogP contribution is 2.29. The Bertz CT molecular complexity index is 306. The van der Waals surface area contributed by atoms with Gasteiger partial charge in [0.2, 0.25) is 17.8 Å². The summed E-state index contributed by atoms with van der Waals surface area (Å²) in [6.07, 6.45) is 2.23. The van der Waals surface area contributed by atoms with E-state index in [-0.39, 0.29) is 17.0 Å². The number of thiazole rings is 1. The molecule has 2 rings (SSSR count). The SMILES string of the molecule is Cc1csc[n+]1CC(=O)C1CC1.[Br-]. The van der Waals surface area contributed by atoms with Crippen LogP contribution >= 0.6 is 11.3 Å². The van der Waals surface area contributed by atoms with Crippen molar-refractivity contribution in [3.63, 3.8) is 0 Å². The smallest absolute Gasteiger partial charge is 0.225 e. The van der Waals surface area contributed by atoms with Crippen molar-refractivity contribution >= 4 is 17.1 Å². The number of rotatable bonds is 3. The molecule has 0 saturated heterocycles.